The van der Waals surface area contributed by atoms with E-state index in [9.17, 15) is 18.0 Å². The maximum absolute atomic E-state index is 10.6. The molecule has 0 aromatic rings. The number of nitrogens with zero attached hydrogens (tertiary/aromatic N) is 1. The molecule has 0 atom stereocenters. The standard InChI is InChI=1S/C10H9NO2.C2HF3O2/c12-10(13)8-4-6-11-5-2-1-3-9(11)7-8;3-2(4,5)1(6)7/h1-4,6-7H,5H2,(H,12,13);(H,6,7). The smallest absolute Gasteiger partial charge is 0.478 e. The fourth-order valence-electron chi connectivity index (χ4n) is 1.33. The Bertz CT molecular complexity index is 529. The number of halogens is 3. The molecular weight excluding hydrogens is 279 g/mol. The fourth-order valence-corrected chi connectivity index (χ4v) is 1.33. The first-order chi connectivity index (χ1) is 9.21. The quantitative estimate of drug-likeness (QED) is 0.771. The minimum absolute atomic E-state index is 0.331. The first kappa shape index (κ1) is 15.5. The van der Waals surface area contributed by atoms with E-state index in [-0.39, 0.29) is 0 Å². The molecule has 0 aromatic carbocycles. The Balaban J connectivity index is 0.000000246. The summed E-state index contributed by atoms with van der Waals surface area (Å²) in [5.41, 5.74) is 1.26. The summed E-state index contributed by atoms with van der Waals surface area (Å²) in [7, 11) is 0. The van der Waals surface area contributed by atoms with E-state index < -0.39 is 18.1 Å². The second-order valence-electron chi connectivity index (χ2n) is 3.70. The van der Waals surface area contributed by atoms with Crippen LogP contribution in [0.3, 0.4) is 0 Å². The van der Waals surface area contributed by atoms with E-state index in [2.05, 4.69) is 0 Å². The van der Waals surface area contributed by atoms with E-state index in [0.29, 0.717) is 5.57 Å². The van der Waals surface area contributed by atoms with Crippen molar-refractivity contribution >= 4 is 11.9 Å². The number of carbonyl (C=O) groups is 2. The molecule has 0 saturated carbocycles. The van der Waals surface area contributed by atoms with E-state index >= 15 is 0 Å². The van der Waals surface area contributed by atoms with Gasteiger partial charge in [-0.15, -0.1) is 0 Å². The summed E-state index contributed by atoms with van der Waals surface area (Å²) in [6, 6.07) is 0. The van der Waals surface area contributed by atoms with E-state index in [1.807, 2.05) is 23.1 Å². The summed E-state index contributed by atoms with van der Waals surface area (Å²) in [6.07, 6.45) is 5.84. The lowest BCUT2D eigenvalue weighted by Crippen LogP contribution is -2.21. The molecule has 0 aromatic heterocycles. The molecule has 8 heteroatoms. The third-order valence-corrected chi connectivity index (χ3v) is 2.26. The molecule has 0 spiro atoms. The number of carboxylic acids is 2. The second kappa shape index (κ2) is 6.09. The molecule has 0 saturated heterocycles. The molecule has 2 aliphatic heterocycles. The maximum Gasteiger partial charge on any atom is 0.490 e. The number of alkyl halides is 3. The lowest BCUT2D eigenvalue weighted by Gasteiger charge is -2.25. The Morgan fingerprint density at radius 3 is 2.35 bits per heavy atom. The Labute approximate surface area is 111 Å². The molecule has 2 N–H and O–H groups in total. The number of carboxylic acid groups (broad SMARTS) is 2. The van der Waals surface area contributed by atoms with Crippen LogP contribution in [-0.2, 0) is 9.59 Å². The molecule has 2 aliphatic rings. The lowest BCUT2D eigenvalue weighted by atomic mass is 10.1. The van der Waals surface area contributed by atoms with Crippen molar-refractivity contribution in [1.82, 2.24) is 4.90 Å². The Morgan fingerprint density at radius 1 is 1.25 bits per heavy atom. The molecule has 108 valence electrons. The van der Waals surface area contributed by atoms with Gasteiger partial charge in [0.1, 0.15) is 0 Å². The van der Waals surface area contributed by atoms with Gasteiger partial charge in [0.15, 0.2) is 0 Å². The van der Waals surface area contributed by atoms with E-state index in [4.69, 9.17) is 15.0 Å². The average Bonchev–Trinajstić information content (AvgIpc) is 2.37. The van der Waals surface area contributed by atoms with Crippen LogP contribution in [-0.4, -0.2) is 39.8 Å². The van der Waals surface area contributed by atoms with Gasteiger partial charge < -0.3 is 15.1 Å². The predicted molar refractivity (Wildman–Crippen MR) is 62.5 cm³/mol. The highest BCUT2D eigenvalue weighted by atomic mass is 19.4. The number of hydrogen-bond donors (Lipinski definition) is 2. The molecule has 2 heterocycles. The van der Waals surface area contributed by atoms with Crippen molar-refractivity contribution in [3.63, 3.8) is 0 Å². The maximum atomic E-state index is 10.6. The van der Waals surface area contributed by atoms with Crippen LogP contribution in [0.4, 0.5) is 13.2 Å². The van der Waals surface area contributed by atoms with Crippen molar-refractivity contribution in [2.75, 3.05) is 6.54 Å². The van der Waals surface area contributed by atoms with Crippen molar-refractivity contribution in [3.8, 4) is 0 Å². The summed E-state index contributed by atoms with van der Waals surface area (Å²) >= 11 is 0. The van der Waals surface area contributed by atoms with Gasteiger partial charge in [0, 0.05) is 18.4 Å². The minimum atomic E-state index is -5.08. The topological polar surface area (TPSA) is 77.8 Å². The van der Waals surface area contributed by atoms with Crippen LogP contribution in [0.2, 0.25) is 0 Å². The van der Waals surface area contributed by atoms with Crippen LogP contribution >= 0.6 is 0 Å². The van der Waals surface area contributed by atoms with E-state index in [1.165, 1.54) is 0 Å². The van der Waals surface area contributed by atoms with Crippen LogP contribution in [0.5, 0.6) is 0 Å². The third kappa shape index (κ3) is 4.30. The van der Waals surface area contributed by atoms with Crippen molar-refractivity contribution < 1.29 is 33.0 Å². The van der Waals surface area contributed by atoms with Gasteiger partial charge in [0.2, 0.25) is 0 Å². The molecule has 0 fully saturated rings. The van der Waals surface area contributed by atoms with Crippen molar-refractivity contribution in [1.29, 1.82) is 0 Å². The monoisotopic (exact) mass is 289 g/mol. The van der Waals surface area contributed by atoms with Gasteiger partial charge in [-0.05, 0) is 18.2 Å². The molecule has 5 nitrogen and oxygen atoms in total. The SMILES string of the molecule is O=C(O)C(F)(F)F.O=C(O)C1=CC2=CC=CCN2C=C1. The van der Waals surface area contributed by atoms with Crippen LogP contribution in [0.1, 0.15) is 0 Å². The second-order valence-corrected chi connectivity index (χ2v) is 3.70. The average molecular weight is 289 g/mol. The van der Waals surface area contributed by atoms with Crippen LogP contribution < -0.4 is 0 Å². The van der Waals surface area contributed by atoms with Crippen molar-refractivity contribution in [3.05, 3.63) is 47.9 Å². The Hall–Kier alpha value is -2.51. The molecule has 0 radical (unpaired) electrons. The number of hydrogen-bond acceptors (Lipinski definition) is 3. The normalized spacial score (nSPS) is 16.4. The first-order valence-electron chi connectivity index (χ1n) is 5.28. The van der Waals surface area contributed by atoms with Gasteiger partial charge in [-0.1, -0.05) is 12.2 Å². The Morgan fingerprint density at radius 2 is 1.85 bits per heavy atom. The number of allylic oxidation sites excluding steroid dienone is 3. The van der Waals surface area contributed by atoms with Crippen LogP contribution in [0.15, 0.2) is 47.9 Å². The Kier molecular flexibility index (Phi) is 4.73. The number of rotatable bonds is 1. The molecular formula is C12H10F3NO4. The highest BCUT2D eigenvalue weighted by Crippen LogP contribution is 2.19. The number of fused-ring (bicyclic) bond motifs is 1. The zero-order valence-electron chi connectivity index (χ0n) is 9.96. The zero-order chi connectivity index (χ0) is 15.3. The van der Waals surface area contributed by atoms with Gasteiger partial charge in [-0.3, -0.25) is 0 Å². The lowest BCUT2D eigenvalue weighted by molar-refractivity contribution is -0.192. The van der Waals surface area contributed by atoms with Gasteiger partial charge in [0.05, 0.1) is 5.57 Å². The highest BCUT2D eigenvalue weighted by molar-refractivity contribution is 5.90. The molecule has 0 amide bonds. The van der Waals surface area contributed by atoms with E-state index in [1.54, 1.807) is 18.4 Å². The van der Waals surface area contributed by atoms with Gasteiger partial charge in [0.25, 0.3) is 0 Å². The van der Waals surface area contributed by atoms with Gasteiger partial charge in [-0.25, -0.2) is 9.59 Å². The third-order valence-electron chi connectivity index (χ3n) is 2.26. The first-order valence-corrected chi connectivity index (χ1v) is 5.28. The summed E-state index contributed by atoms with van der Waals surface area (Å²) in [5.74, 6) is -3.64. The summed E-state index contributed by atoms with van der Waals surface area (Å²) < 4.78 is 31.7. The van der Waals surface area contributed by atoms with Crippen LogP contribution in [0, 0.1) is 0 Å². The van der Waals surface area contributed by atoms with Gasteiger partial charge in [-0.2, -0.15) is 13.2 Å². The summed E-state index contributed by atoms with van der Waals surface area (Å²) in [5, 5.41) is 15.9. The van der Waals surface area contributed by atoms with Crippen molar-refractivity contribution in [2.24, 2.45) is 0 Å². The van der Waals surface area contributed by atoms with Gasteiger partial charge >= 0.3 is 18.1 Å². The van der Waals surface area contributed by atoms with Crippen LogP contribution in [0.25, 0.3) is 0 Å². The van der Waals surface area contributed by atoms with Crippen molar-refractivity contribution in [2.45, 2.75) is 6.18 Å². The van der Waals surface area contributed by atoms with E-state index in [0.717, 1.165) is 12.2 Å². The molecule has 0 aliphatic carbocycles. The molecule has 20 heavy (non-hydrogen) atoms. The number of aliphatic carboxylic acids is 2. The summed E-state index contributed by atoms with van der Waals surface area (Å²) in [4.78, 5) is 21.5. The largest absolute Gasteiger partial charge is 0.490 e. The predicted octanol–water partition coefficient (Wildman–Crippen LogP) is 1.91. The minimum Gasteiger partial charge on any atom is -0.478 e. The molecule has 2 rings (SSSR count). The zero-order valence-corrected chi connectivity index (χ0v) is 9.96. The molecule has 0 bridgehead atoms. The summed E-state index contributed by atoms with van der Waals surface area (Å²) in [6.45, 7) is 0.811. The fraction of sp³-hybridized carbons (Fsp3) is 0.167. The highest BCUT2D eigenvalue weighted by Gasteiger charge is 2.38. The molecule has 0 unspecified atom stereocenters.